The Kier molecular flexibility index (Phi) is 3.48. The molecule has 2 heterocycles. The van der Waals surface area contributed by atoms with Crippen LogP contribution < -0.4 is 10.2 Å². The second kappa shape index (κ2) is 5.24. The third-order valence-electron chi connectivity index (χ3n) is 3.57. The van der Waals surface area contributed by atoms with E-state index in [-0.39, 0.29) is 0 Å². The molecule has 1 atom stereocenters. The van der Waals surface area contributed by atoms with Gasteiger partial charge in [0.05, 0.1) is 5.52 Å². The van der Waals surface area contributed by atoms with Crippen LogP contribution in [-0.4, -0.2) is 30.0 Å². The van der Waals surface area contributed by atoms with Crippen molar-refractivity contribution in [3.63, 3.8) is 0 Å². The number of benzene rings is 1. The molecule has 1 unspecified atom stereocenters. The van der Waals surface area contributed by atoms with Crippen LogP contribution in [0.3, 0.4) is 0 Å². The summed E-state index contributed by atoms with van der Waals surface area (Å²) in [6.07, 6.45) is 2.43. The van der Waals surface area contributed by atoms with Crippen LogP contribution in [0, 0.1) is 0 Å². The van der Waals surface area contributed by atoms with Crippen molar-refractivity contribution in [2.75, 3.05) is 24.5 Å². The van der Waals surface area contributed by atoms with Crippen molar-refractivity contribution in [1.82, 2.24) is 9.69 Å². The Morgan fingerprint density at radius 1 is 1.44 bits per heavy atom. The van der Waals surface area contributed by atoms with E-state index in [9.17, 15) is 0 Å². The minimum absolute atomic E-state index is 0.633. The first-order valence-electron chi connectivity index (χ1n) is 6.72. The highest BCUT2D eigenvalue weighted by atomic mass is 32.1. The van der Waals surface area contributed by atoms with E-state index in [0.29, 0.717) is 6.04 Å². The van der Waals surface area contributed by atoms with Gasteiger partial charge in [-0.15, -0.1) is 0 Å². The van der Waals surface area contributed by atoms with Crippen LogP contribution in [0.25, 0.3) is 10.9 Å². The quantitative estimate of drug-likeness (QED) is 0.917. The van der Waals surface area contributed by atoms with Crippen molar-refractivity contribution in [2.24, 2.45) is 0 Å². The highest BCUT2D eigenvalue weighted by Crippen LogP contribution is 2.33. The zero-order valence-electron chi connectivity index (χ0n) is 10.7. The number of nitrogens with zero attached hydrogens (tertiary/aromatic N) is 2. The van der Waals surface area contributed by atoms with Gasteiger partial charge in [-0.1, -0.05) is 19.1 Å². The summed E-state index contributed by atoms with van der Waals surface area (Å²) in [5.74, 6) is 0. The number of hydrogen-bond donors (Lipinski definition) is 1. The zero-order valence-corrected chi connectivity index (χ0v) is 11.5. The lowest BCUT2D eigenvalue weighted by atomic mass is 10.2. The molecule has 3 nitrogen and oxygen atoms in total. The Balaban J connectivity index is 1.98. The topological polar surface area (TPSA) is 28.2 Å². The molecule has 0 amide bonds. The first kappa shape index (κ1) is 11.9. The average Bonchev–Trinajstić information content (AvgIpc) is 3.06. The molecule has 96 valence electrons. The summed E-state index contributed by atoms with van der Waals surface area (Å²) in [7, 11) is 0. The molecule has 2 aromatic rings. The maximum Gasteiger partial charge on any atom is 0.120 e. The van der Waals surface area contributed by atoms with Crippen molar-refractivity contribution < 1.29 is 0 Å². The summed E-state index contributed by atoms with van der Waals surface area (Å²) in [6, 6.07) is 9.10. The Bertz CT molecular complexity index is 516. The van der Waals surface area contributed by atoms with Crippen LogP contribution in [0.4, 0.5) is 5.00 Å². The van der Waals surface area contributed by atoms with E-state index >= 15 is 0 Å². The molecule has 0 spiro atoms. The fourth-order valence-electron chi connectivity index (χ4n) is 2.68. The normalized spacial score (nSPS) is 19.5. The lowest BCUT2D eigenvalue weighted by Gasteiger charge is -2.28. The number of hydrogen-bond acceptors (Lipinski definition) is 4. The van der Waals surface area contributed by atoms with E-state index in [1.807, 2.05) is 0 Å². The molecule has 0 bridgehead atoms. The van der Waals surface area contributed by atoms with Gasteiger partial charge in [0.15, 0.2) is 0 Å². The molecule has 3 rings (SSSR count). The summed E-state index contributed by atoms with van der Waals surface area (Å²) in [4.78, 5) is 2.56. The van der Waals surface area contributed by atoms with Gasteiger partial charge in [-0.05, 0) is 43.1 Å². The van der Waals surface area contributed by atoms with Crippen LogP contribution in [-0.2, 0) is 0 Å². The van der Waals surface area contributed by atoms with Gasteiger partial charge in [0.25, 0.3) is 0 Å². The Morgan fingerprint density at radius 2 is 2.33 bits per heavy atom. The molecule has 18 heavy (non-hydrogen) atoms. The molecule has 1 aromatic heterocycles. The third kappa shape index (κ3) is 2.10. The number of nitrogens with one attached hydrogen (secondary N) is 1. The van der Waals surface area contributed by atoms with Crippen LogP contribution in [0.2, 0.25) is 0 Å². The van der Waals surface area contributed by atoms with E-state index in [0.717, 1.165) is 25.2 Å². The molecule has 1 aliphatic heterocycles. The van der Waals surface area contributed by atoms with Crippen molar-refractivity contribution in [3.8, 4) is 0 Å². The lowest BCUT2D eigenvalue weighted by molar-refractivity contribution is 0.631. The van der Waals surface area contributed by atoms with E-state index in [2.05, 4.69) is 45.8 Å². The summed E-state index contributed by atoms with van der Waals surface area (Å²) in [5.41, 5.74) is 1.13. The Morgan fingerprint density at radius 3 is 3.11 bits per heavy atom. The molecular weight excluding hydrogens is 242 g/mol. The molecule has 1 fully saturated rings. The highest BCUT2D eigenvalue weighted by molar-refractivity contribution is 7.11. The number of rotatable bonds is 4. The molecule has 4 heteroatoms. The lowest BCUT2D eigenvalue weighted by Crippen LogP contribution is -2.37. The van der Waals surface area contributed by atoms with Gasteiger partial charge in [0.1, 0.15) is 5.00 Å². The largest absolute Gasteiger partial charge is 0.357 e. The van der Waals surface area contributed by atoms with Crippen molar-refractivity contribution >= 4 is 27.4 Å². The first-order valence-corrected chi connectivity index (χ1v) is 7.49. The van der Waals surface area contributed by atoms with Gasteiger partial charge in [-0.25, -0.2) is 0 Å². The van der Waals surface area contributed by atoms with Crippen molar-refractivity contribution in [3.05, 3.63) is 24.3 Å². The second-order valence-corrected chi connectivity index (χ2v) is 5.60. The molecule has 1 aromatic carbocycles. The van der Waals surface area contributed by atoms with Gasteiger partial charge in [-0.3, -0.25) is 0 Å². The van der Waals surface area contributed by atoms with Crippen molar-refractivity contribution in [2.45, 2.75) is 25.8 Å². The first-order chi connectivity index (χ1) is 8.90. The Hall–Kier alpha value is -1.13. The molecule has 1 saturated heterocycles. The average molecular weight is 261 g/mol. The molecular formula is C14H19N3S. The molecule has 1 aliphatic rings. The predicted molar refractivity (Wildman–Crippen MR) is 78.5 cm³/mol. The number of fused-ring (bicyclic) bond motifs is 1. The van der Waals surface area contributed by atoms with E-state index in [4.69, 9.17) is 0 Å². The van der Waals surface area contributed by atoms with Crippen LogP contribution >= 0.6 is 11.5 Å². The van der Waals surface area contributed by atoms with Crippen LogP contribution in [0.5, 0.6) is 0 Å². The minimum atomic E-state index is 0.633. The Labute approximate surface area is 112 Å². The zero-order chi connectivity index (χ0) is 12.4. The minimum Gasteiger partial charge on any atom is -0.357 e. The van der Waals surface area contributed by atoms with Gasteiger partial charge in [-0.2, -0.15) is 4.37 Å². The molecule has 0 aliphatic carbocycles. The molecule has 0 saturated carbocycles. The monoisotopic (exact) mass is 261 g/mol. The molecule has 0 radical (unpaired) electrons. The summed E-state index contributed by atoms with van der Waals surface area (Å²) in [6.45, 7) is 5.62. The van der Waals surface area contributed by atoms with Crippen LogP contribution in [0.1, 0.15) is 19.8 Å². The fraction of sp³-hybridized carbons (Fsp3) is 0.500. The van der Waals surface area contributed by atoms with Gasteiger partial charge in [0, 0.05) is 24.5 Å². The highest BCUT2D eigenvalue weighted by Gasteiger charge is 2.24. The van der Waals surface area contributed by atoms with E-state index < -0.39 is 0 Å². The maximum atomic E-state index is 4.57. The van der Waals surface area contributed by atoms with E-state index in [1.165, 1.54) is 23.2 Å². The maximum absolute atomic E-state index is 4.57. The summed E-state index contributed by atoms with van der Waals surface area (Å²) >= 11 is 1.65. The van der Waals surface area contributed by atoms with Crippen molar-refractivity contribution in [1.29, 1.82) is 0 Å². The summed E-state index contributed by atoms with van der Waals surface area (Å²) < 4.78 is 4.57. The fourth-order valence-corrected chi connectivity index (χ4v) is 3.64. The SMILES string of the molecule is CCCN(c1snc2ccccc12)C1CCNC1. The van der Waals surface area contributed by atoms with E-state index in [1.54, 1.807) is 11.5 Å². The third-order valence-corrected chi connectivity index (χ3v) is 4.48. The van der Waals surface area contributed by atoms with Gasteiger partial charge >= 0.3 is 0 Å². The summed E-state index contributed by atoms with van der Waals surface area (Å²) in [5, 5.41) is 6.12. The smallest absolute Gasteiger partial charge is 0.120 e. The number of aromatic nitrogens is 1. The van der Waals surface area contributed by atoms with Crippen LogP contribution in [0.15, 0.2) is 24.3 Å². The standard InChI is InChI=1S/C14H19N3S/c1-2-9-17(11-7-8-15-10-11)14-12-5-3-4-6-13(12)16-18-14/h3-6,11,15H,2,7-10H2,1H3. The van der Waals surface area contributed by atoms with Gasteiger partial charge < -0.3 is 10.2 Å². The molecule has 1 N–H and O–H groups in total. The van der Waals surface area contributed by atoms with Gasteiger partial charge in [0.2, 0.25) is 0 Å². The number of anilines is 1. The second-order valence-electron chi connectivity index (χ2n) is 4.84. The predicted octanol–water partition coefficient (Wildman–Crippen LogP) is 2.87.